The molecule has 4 rings (SSSR count). The maximum Gasteiger partial charge on any atom is 0.255 e. The van der Waals surface area contributed by atoms with Crippen molar-refractivity contribution >= 4 is 23.2 Å². The van der Waals surface area contributed by atoms with E-state index in [-0.39, 0.29) is 23.9 Å². The molecule has 118 valence electrons. The summed E-state index contributed by atoms with van der Waals surface area (Å²) in [7, 11) is 0. The van der Waals surface area contributed by atoms with Crippen LogP contribution in [-0.4, -0.2) is 45.2 Å². The van der Waals surface area contributed by atoms with Gasteiger partial charge in [-0.1, -0.05) is 6.07 Å². The molecule has 5 nitrogen and oxygen atoms in total. The zero-order chi connectivity index (χ0) is 15.8. The number of carbonyl (C=O) groups excluding carboxylic acids is 2. The summed E-state index contributed by atoms with van der Waals surface area (Å²) in [6, 6.07) is 5.85. The highest BCUT2D eigenvalue weighted by Crippen LogP contribution is 2.34. The van der Waals surface area contributed by atoms with Gasteiger partial charge in [-0.2, -0.15) is 11.3 Å². The van der Waals surface area contributed by atoms with Crippen molar-refractivity contribution in [3.05, 3.63) is 52.5 Å². The summed E-state index contributed by atoms with van der Waals surface area (Å²) in [5.74, 6) is 0.182. The highest BCUT2D eigenvalue weighted by atomic mass is 32.1. The average molecular weight is 327 g/mol. The molecule has 2 aliphatic rings. The van der Waals surface area contributed by atoms with E-state index in [4.69, 9.17) is 0 Å². The number of amides is 2. The summed E-state index contributed by atoms with van der Waals surface area (Å²) >= 11 is 1.52. The van der Waals surface area contributed by atoms with Crippen LogP contribution in [-0.2, 0) is 11.3 Å². The van der Waals surface area contributed by atoms with Gasteiger partial charge >= 0.3 is 0 Å². The Hall–Kier alpha value is -2.21. The molecule has 2 aromatic rings. The molecule has 2 aromatic heterocycles. The van der Waals surface area contributed by atoms with Crippen LogP contribution < -0.4 is 0 Å². The largest absolute Gasteiger partial charge is 0.333 e. The first-order valence-electron chi connectivity index (χ1n) is 7.75. The Bertz CT molecular complexity index is 717. The fourth-order valence-electron chi connectivity index (χ4n) is 3.63. The monoisotopic (exact) mass is 327 g/mol. The number of fused-ring (bicyclic) bond motifs is 1. The molecular formula is C17H17N3O2S. The normalized spacial score (nSPS) is 23.4. The second kappa shape index (κ2) is 5.77. The van der Waals surface area contributed by atoms with Crippen molar-refractivity contribution in [2.45, 2.75) is 31.5 Å². The van der Waals surface area contributed by atoms with Gasteiger partial charge in [0, 0.05) is 37.3 Å². The third kappa shape index (κ3) is 2.53. The molecule has 2 amide bonds. The Labute approximate surface area is 138 Å². The van der Waals surface area contributed by atoms with Crippen LogP contribution in [0.2, 0.25) is 0 Å². The lowest BCUT2D eigenvalue weighted by atomic mass is 10.1. The Morgan fingerprint density at radius 1 is 1.35 bits per heavy atom. The summed E-state index contributed by atoms with van der Waals surface area (Å²) in [5.41, 5.74) is 1.76. The van der Waals surface area contributed by atoms with Gasteiger partial charge in [-0.05, 0) is 29.5 Å². The number of hydrogen-bond donors (Lipinski definition) is 0. The smallest absolute Gasteiger partial charge is 0.255 e. The van der Waals surface area contributed by atoms with Crippen molar-refractivity contribution in [1.29, 1.82) is 0 Å². The van der Waals surface area contributed by atoms with E-state index in [0.29, 0.717) is 13.0 Å². The third-order valence-electron chi connectivity index (χ3n) is 4.72. The Morgan fingerprint density at radius 3 is 3.00 bits per heavy atom. The highest BCUT2D eigenvalue weighted by Gasteiger charge is 2.48. The number of pyridine rings is 1. The number of hydrogen-bond acceptors (Lipinski definition) is 4. The topological polar surface area (TPSA) is 53.5 Å². The van der Waals surface area contributed by atoms with Crippen LogP contribution in [0.15, 0.2) is 41.4 Å². The second-order valence-corrected chi connectivity index (χ2v) is 6.80. The van der Waals surface area contributed by atoms with Crippen molar-refractivity contribution in [3.8, 4) is 0 Å². The van der Waals surface area contributed by atoms with Gasteiger partial charge in [0.2, 0.25) is 5.91 Å². The number of rotatable bonds is 3. The summed E-state index contributed by atoms with van der Waals surface area (Å²) in [6.07, 6.45) is 4.81. The van der Waals surface area contributed by atoms with Gasteiger partial charge in [-0.3, -0.25) is 14.6 Å². The Kier molecular flexibility index (Phi) is 3.61. The van der Waals surface area contributed by atoms with Crippen molar-refractivity contribution in [2.24, 2.45) is 0 Å². The second-order valence-electron chi connectivity index (χ2n) is 6.02. The minimum Gasteiger partial charge on any atom is -0.333 e. The predicted octanol–water partition coefficient (Wildman–Crippen LogP) is 2.16. The van der Waals surface area contributed by atoms with Crippen molar-refractivity contribution in [3.63, 3.8) is 0 Å². The van der Waals surface area contributed by atoms with Crippen LogP contribution in [0.25, 0.3) is 0 Å². The summed E-state index contributed by atoms with van der Waals surface area (Å²) in [5, 5.41) is 3.79. The first-order chi connectivity index (χ1) is 11.2. The van der Waals surface area contributed by atoms with E-state index in [1.54, 1.807) is 12.4 Å². The van der Waals surface area contributed by atoms with Crippen molar-refractivity contribution in [1.82, 2.24) is 14.8 Å². The molecule has 2 aliphatic heterocycles. The maximum atomic E-state index is 12.6. The van der Waals surface area contributed by atoms with Crippen molar-refractivity contribution in [2.75, 3.05) is 6.54 Å². The number of nitrogens with zero attached hydrogens (tertiary/aromatic N) is 3. The highest BCUT2D eigenvalue weighted by molar-refractivity contribution is 7.08. The van der Waals surface area contributed by atoms with E-state index < -0.39 is 0 Å². The lowest BCUT2D eigenvalue weighted by Crippen LogP contribution is -2.39. The molecule has 0 radical (unpaired) electrons. The lowest BCUT2D eigenvalue weighted by Gasteiger charge is -2.25. The van der Waals surface area contributed by atoms with E-state index in [2.05, 4.69) is 4.98 Å². The van der Waals surface area contributed by atoms with Gasteiger partial charge in [-0.25, -0.2) is 0 Å². The van der Waals surface area contributed by atoms with Gasteiger partial charge in [0.25, 0.3) is 5.91 Å². The average Bonchev–Trinajstić information content (AvgIpc) is 3.27. The van der Waals surface area contributed by atoms with Crippen LogP contribution in [0.5, 0.6) is 0 Å². The first kappa shape index (κ1) is 14.4. The van der Waals surface area contributed by atoms with Gasteiger partial charge in [0.15, 0.2) is 0 Å². The standard InChI is InChI=1S/C17H17N3O2S/c21-16-8-15-14(20(16)10-12-2-1-5-18-9-12)3-6-19(15)17(22)13-4-7-23-11-13/h1-2,4-5,7,9,11,14-15H,3,6,8,10H2/t14-,15+/m1/s1. The number of thiophene rings is 1. The maximum absolute atomic E-state index is 12.6. The van der Waals surface area contributed by atoms with Gasteiger partial charge < -0.3 is 9.80 Å². The van der Waals surface area contributed by atoms with E-state index in [1.165, 1.54) is 11.3 Å². The fourth-order valence-corrected chi connectivity index (χ4v) is 4.26. The quantitative estimate of drug-likeness (QED) is 0.868. The molecule has 0 N–H and O–H groups in total. The Morgan fingerprint density at radius 2 is 2.26 bits per heavy atom. The molecule has 0 spiro atoms. The summed E-state index contributed by atoms with van der Waals surface area (Å²) < 4.78 is 0. The number of likely N-dealkylation sites (tertiary alicyclic amines) is 2. The third-order valence-corrected chi connectivity index (χ3v) is 5.40. The molecule has 2 fully saturated rings. The van der Waals surface area contributed by atoms with Crippen LogP contribution >= 0.6 is 11.3 Å². The molecule has 2 atom stereocenters. The van der Waals surface area contributed by atoms with Crippen LogP contribution in [0.3, 0.4) is 0 Å². The molecule has 4 heterocycles. The first-order valence-corrected chi connectivity index (χ1v) is 8.70. The van der Waals surface area contributed by atoms with E-state index >= 15 is 0 Å². The predicted molar refractivity (Wildman–Crippen MR) is 87.0 cm³/mol. The van der Waals surface area contributed by atoms with E-state index in [1.807, 2.05) is 38.8 Å². The van der Waals surface area contributed by atoms with Gasteiger partial charge in [0.1, 0.15) is 0 Å². The Balaban J connectivity index is 1.52. The summed E-state index contributed by atoms with van der Waals surface area (Å²) in [6.45, 7) is 1.30. The number of aromatic nitrogens is 1. The molecule has 0 saturated carbocycles. The van der Waals surface area contributed by atoms with Gasteiger partial charge in [-0.15, -0.1) is 0 Å². The van der Waals surface area contributed by atoms with Crippen LogP contribution in [0.4, 0.5) is 0 Å². The van der Waals surface area contributed by atoms with Crippen LogP contribution in [0.1, 0.15) is 28.8 Å². The van der Waals surface area contributed by atoms with E-state index in [0.717, 1.165) is 24.1 Å². The van der Waals surface area contributed by atoms with Crippen LogP contribution in [0, 0.1) is 0 Å². The van der Waals surface area contributed by atoms with E-state index in [9.17, 15) is 9.59 Å². The molecule has 6 heteroatoms. The lowest BCUT2D eigenvalue weighted by molar-refractivity contribution is -0.129. The molecule has 2 saturated heterocycles. The summed E-state index contributed by atoms with van der Waals surface area (Å²) in [4.78, 5) is 32.9. The number of carbonyl (C=O) groups is 2. The minimum absolute atomic E-state index is 0.00608. The molecule has 0 unspecified atom stereocenters. The fraction of sp³-hybridized carbons (Fsp3) is 0.353. The molecule has 0 aromatic carbocycles. The van der Waals surface area contributed by atoms with Crippen molar-refractivity contribution < 1.29 is 9.59 Å². The molecule has 0 bridgehead atoms. The zero-order valence-corrected chi connectivity index (χ0v) is 13.4. The molecular weight excluding hydrogens is 310 g/mol. The molecule has 0 aliphatic carbocycles. The zero-order valence-electron chi connectivity index (χ0n) is 12.6. The minimum atomic E-state index is 0.00608. The SMILES string of the molecule is O=C1C[C@H]2[C@@H](CCN2C(=O)c2ccsc2)N1Cc1cccnc1. The molecule has 23 heavy (non-hydrogen) atoms. The van der Waals surface area contributed by atoms with Gasteiger partial charge in [0.05, 0.1) is 17.6 Å².